The van der Waals surface area contributed by atoms with Crippen molar-refractivity contribution in [3.8, 4) is 17.2 Å². The number of hydrogen-bond acceptors (Lipinski definition) is 6. The zero-order valence-corrected chi connectivity index (χ0v) is 19.2. The molecule has 0 radical (unpaired) electrons. The van der Waals surface area contributed by atoms with Crippen LogP contribution in [0.4, 0.5) is 10.2 Å². The molecule has 1 aliphatic heterocycles. The standard InChI is InChI=1S/C25H27FN4O4/c1-33-21-9-10-22(34-2)18(14-21)15-27-25(32)17-4-3-13-29(16-17)23-11-12-24(31)30(28-23)20-7-5-19(26)6-8-20/h5-12,14,17H,3-4,13,15-16H2,1-2H3,(H,27,32)/t17-/m1/s1. The summed E-state index contributed by atoms with van der Waals surface area (Å²) >= 11 is 0. The predicted octanol–water partition coefficient (Wildman–Crippen LogP) is 2.92. The van der Waals surface area contributed by atoms with Crippen LogP contribution in [0.25, 0.3) is 5.69 Å². The summed E-state index contributed by atoms with van der Waals surface area (Å²) in [6, 6.07) is 14.1. The van der Waals surface area contributed by atoms with Crippen LogP contribution in [-0.4, -0.2) is 43.0 Å². The van der Waals surface area contributed by atoms with Crippen LogP contribution in [0.15, 0.2) is 59.4 Å². The number of aromatic nitrogens is 2. The van der Waals surface area contributed by atoms with Gasteiger partial charge in [-0.1, -0.05) is 0 Å². The molecule has 1 fully saturated rings. The van der Waals surface area contributed by atoms with Crippen molar-refractivity contribution in [2.45, 2.75) is 19.4 Å². The highest BCUT2D eigenvalue weighted by molar-refractivity contribution is 5.79. The van der Waals surface area contributed by atoms with Crippen molar-refractivity contribution >= 4 is 11.7 Å². The number of piperidine rings is 1. The summed E-state index contributed by atoms with van der Waals surface area (Å²) in [6.45, 7) is 1.53. The third kappa shape index (κ3) is 5.19. The van der Waals surface area contributed by atoms with Gasteiger partial charge in [-0.3, -0.25) is 9.59 Å². The highest BCUT2D eigenvalue weighted by Crippen LogP contribution is 2.25. The molecule has 34 heavy (non-hydrogen) atoms. The minimum Gasteiger partial charge on any atom is -0.497 e. The molecule has 3 aromatic rings. The number of nitrogens with zero attached hydrogens (tertiary/aromatic N) is 3. The Morgan fingerprint density at radius 1 is 1.12 bits per heavy atom. The summed E-state index contributed by atoms with van der Waals surface area (Å²) in [7, 11) is 3.18. The van der Waals surface area contributed by atoms with Crippen molar-refractivity contribution < 1.29 is 18.7 Å². The number of nitrogens with one attached hydrogen (secondary N) is 1. The number of halogens is 1. The smallest absolute Gasteiger partial charge is 0.271 e. The lowest BCUT2D eigenvalue weighted by molar-refractivity contribution is -0.125. The lowest BCUT2D eigenvalue weighted by atomic mass is 9.97. The molecule has 2 heterocycles. The number of carbonyl (C=O) groups excluding carboxylic acids is 1. The fourth-order valence-corrected chi connectivity index (χ4v) is 4.08. The summed E-state index contributed by atoms with van der Waals surface area (Å²) < 4.78 is 25.2. The molecule has 8 nitrogen and oxygen atoms in total. The molecule has 4 rings (SSSR count). The van der Waals surface area contributed by atoms with Gasteiger partial charge >= 0.3 is 0 Å². The van der Waals surface area contributed by atoms with Gasteiger partial charge in [0, 0.05) is 31.3 Å². The van der Waals surface area contributed by atoms with Crippen LogP contribution in [-0.2, 0) is 11.3 Å². The van der Waals surface area contributed by atoms with E-state index in [1.807, 2.05) is 23.1 Å². The fourth-order valence-electron chi connectivity index (χ4n) is 4.08. The monoisotopic (exact) mass is 466 g/mol. The number of anilines is 1. The van der Waals surface area contributed by atoms with Gasteiger partial charge in [-0.2, -0.15) is 4.68 Å². The van der Waals surface area contributed by atoms with Crippen LogP contribution in [0.3, 0.4) is 0 Å². The average molecular weight is 467 g/mol. The van der Waals surface area contributed by atoms with Gasteiger partial charge in [-0.25, -0.2) is 4.39 Å². The molecule has 1 atom stereocenters. The zero-order chi connectivity index (χ0) is 24.1. The van der Waals surface area contributed by atoms with E-state index >= 15 is 0 Å². The van der Waals surface area contributed by atoms with Crippen LogP contribution in [0.1, 0.15) is 18.4 Å². The molecular formula is C25H27FN4O4. The first-order valence-corrected chi connectivity index (χ1v) is 11.1. The first-order chi connectivity index (χ1) is 16.5. The Hall–Kier alpha value is -3.88. The molecule has 1 aliphatic rings. The van der Waals surface area contributed by atoms with Gasteiger partial charge in [-0.15, -0.1) is 5.10 Å². The molecule has 0 aliphatic carbocycles. The zero-order valence-electron chi connectivity index (χ0n) is 19.2. The second-order valence-electron chi connectivity index (χ2n) is 8.10. The van der Waals surface area contributed by atoms with E-state index in [1.165, 1.54) is 35.0 Å². The van der Waals surface area contributed by atoms with Gasteiger partial charge in [-0.05, 0) is 61.4 Å². The number of carbonyl (C=O) groups is 1. The van der Waals surface area contributed by atoms with Gasteiger partial charge in [0.25, 0.3) is 5.56 Å². The maximum atomic E-state index is 13.3. The molecule has 1 N–H and O–H groups in total. The molecule has 2 aromatic carbocycles. The minimum atomic E-state index is -0.385. The molecule has 1 aromatic heterocycles. The van der Waals surface area contributed by atoms with Crippen molar-refractivity contribution in [1.29, 1.82) is 0 Å². The molecule has 0 unspecified atom stereocenters. The second-order valence-corrected chi connectivity index (χ2v) is 8.10. The van der Waals surface area contributed by atoms with Crippen molar-refractivity contribution in [3.63, 3.8) is 0 Å². The molecule has 178 valence electrons. The fraction of sp³-hybridized carbons (Fsp3) is 0.320. The van der Waals surface area contributed by atoms with Crippen LogP contribution in [0.5, 0.6) is 11.5 Å². The highest BCUT2D eigenvalue weighted by atomic mass is 19.1. The van der Waals surface area contributed by atoms with Crippen molar-refractivity contribution in [2.24, 2.45) is 5.92 Å². The maximum Gasteiger partial charge on any atom is 0.271 e. The van der Waals surface area contributed by atoms with Crippen molar-refractivity contribution in [2.75, 3.05) is 32.2 Å². The van der Waals surface area contributed by atoms with E-state index in [0.29, 0.717) is 36.1 Å². The lowest BCUT2D eigenvalue weighted by Crippen LogP contribution is -2.43. The van der Waals surface area contributed by atoms with E-state index in [2.05, 4.69) is 10.4 Å². The van der Waals surface area contributed by atoms with Gasteiger partial charge in [0.15, 0.2) is 0 Å². The van der Waals surface area contributed by atoms with Crippen LogP contribution in [0, 0.1) is 11.7 Å². The Labute approximate surface area is 196 Å². The molecular weight excluding hydrogens is 439 g/mol. The van der Waals surface area contributed by atoms with Gasteiger partial charge < -0.3 is 19.7 Å². The molecule has 1 amide bonds. The van der Waals surface area contributed by atoms with Gasteiger partial charge in [0.2, 0.25) is 5.91 Å². The number of rotatable bonds is 7. The average Bonchev–Trinajstić information content (AvgIpc) is 2.88. The summed E-state index contributed by atoms with van der Waals surface area (Å²) in [5, 5.41) is 7.48. The quantitative estimate of drug-likeness (QED) is 0.576. The first kappa shape index (κ1) is 23.3. The molecule has 0 spiro atoms. The number of ether oxygens (including phenoxy) is 2. The highest BCUT2D eigenvalue weighted by Gasteiger charge is 2.27. The van der Waals surface area contributed by atoms with Crippen LogP contribution >= 0.6 is 0 Å². The number of methoxy groups -OCH3 is 2. The second kappa shape index (κ2) is 10.4. The summed E-state index contributed by atoms with van der Waals surface area (Å²) in [5.74, 6) is 1.30. The van der Waals surface area contributed by atoms with Gasteiger partial charge in [0.1, 0.15) is 23.1 Å². The first-order valence-electron chi connectivity index (χ1n) is 11.1. The summed E-state index contributed by atoms with van der Waals surface area (Å²) in [4.78, 5) is 27.3. The van der Waals surface area contributed by atoms with Crippen molar-refractivity contribution in [1.82, 2.24) is 15.1 Å². The SMILES string of the molecule is COc1ccc(OC)c(CNC(=O)[C@@H]2CCCN(c3ccc(=O)n(-c4ccc(F)cc4)n3)C2)c1. The van der Waals surface area contributed by atoms with Gasteiger partial charge in [0.05, 0.1) is 25.8 Å². The molecule has 0 saturated carbocycles. The van der Waals surface area contributed by atoms with E-state index in [0.717, 1.165) is 24.9 Å². The molecule has 0 bridgehead atoms. The minimum absolute atomic E-state index is 0.0542. The third-order valence-corrected chi connectivity index (χ3v) is 5.91. The largest absolute Gasteiger partial charge is 0.497 e. The van der Waals surface area contributed by atoms with E-state index in [1.54, 1.807) is 20.3 Å². The Kier molecular flexibility index (Phi) is 7.10. The predicted molar refractivity (Wildman–Crippen MR) is 126 cm³/mol. The maximum absolute atomic E-state index is 13.3. The Balaban J connectivity index is 1.45. The van der Waals surface area contributed by atoms with E-state index in [-0.39, 0.29) is 23.2 Å². The van der Waals surface area contributed by atoms with E-state index < -0.39 is 0 Å². The Morgan fingerprint density at radius 3 is 2.65 bits per heavy atom. The normalized spacial score (nSPS) is 15.6. The molecule has 9 heteroatoms. The van der Waals surface area contributed by atoms with Crippen molar-refractivity contribution in [3.05, 3.63) is 76.3 Å². The number of benzene rings is 2. The van der Waals surface area contributed by atoms with E-state index in [4.69, 9.17) is 9.47 Å². The number of hydrogen-bond donors (Lipinski definition) is 1. The van der Waals surface area contributed by atoms with Crippen LogP contribution in [0.2, 0.25) is 0 Å². The lowest BCUT2D eigenvalue weighted by Gasteiger charge is -2.33. The summed E-state index contributed by atoms with van der Waals surface area (Å²) in [5.41, 5.74) is 0.997. The van der Waals surface area contributed by atoms with Crippen LogP contribution < -0.4 is 25.2 Å². The summed E-state index contributed by atoms with van der Waals surface area (Å²) in [6.07, 6.45) is 1.58. The Morgan fingerprint density at radius 2 is 1.91 bits per heavy atom. The van der Waals surface area contributed by atoms with E-state index in [9.17, 15) is 14.0 Å². The Bertz CT molecular complexity index is 1210. The number of amides is 1. The topological polar surface area (TPSA) is 85.7 Å². The third-order valence-electron chi connectivity index (χ3n) is 5.91. The molecule has 1 saturated heterocycles.